The van der Waals surface area contributed by atoms with E-state index in [0.717, 1.165) is 5.56 Å². The standard InChI is InChI=1S/C18H27ClN2O2/c1-13-10-16(17(23-3)11-15(13)19)20-18(22)12-21(2)14-8-6-4-5-7-9-14/h10-11,14H,4-9,12H2,1-3H3,(H,20,22). The Morgan fingerprint density at radius 1 is 1.30 bits per heavy atom. The molecule has 5 heteroatoms. The number of carbonyl (C=O) groups is 1. The third-order valence-electron chi connectivity index (χ3n) is 4.60. The first-order chi connectivity index (χ1) is 11.0. The molecule has 1 saturated carbocycles. The minimum atomic E-state index is -0.0169. The van der Waals surface area contributed by atoms with Crippen LogP contribution in [0.5, 0.6) is 5.75 Å². The van der Waals surface area contributed by atoms with Crippen molar-refractivity contribution in [1.82, 2.24) is 4.90 Å². The number of methoxy groups -OCH3 is 1. The fraction of sp³-hybridized carbons (Fsp3) is 0.611. The first kappa shape index (κ1) is 18.1. The second-order valence-electron chi connectivity index (χ2n) is 6.41. The van der Waals surface area contributed by atoms with Crippen molar-refractivity contribution in [1.29, 1.82) is 0 Å². The van der Waals surface area contributed by atoms with Crippen LogP contribution in [0.1, 0.15) is 44.1 Å². The topological polar surface area (TPSA) is 41.6 Å². The summed E-state index contributed by atoms with van der Waals surface area (Å²) in [6.07, 6.45) is 7.54. The number of hydrogen-bond donors (Lipinski definition) is 1. The highest BCUT2D eigenvalue weighted by molar-refractivity contribution is 6.31. The monoisotopic (exact) mass is 338 g/mol. The van der Waals surface area contributed by atoms with E-state index in [-0.39, 0.29) is 5.91 Å². The molecular formula is C18H27ClN2O2. The molecule has 1 aromatic carbocycles. The van der Waals surface area contributed by atoms with E-state index in [2.05, 4.69) is 10.2 Å². The number of nitrogens with zero attached hydrogens (tertiary/aromatic N) is 1. The third kappa shape index (κ3) is 5.11. The fourth-order valence-electron chi connectivity index (χ4n) is 3.17. The van der Waals surface area contributed by atoms with Gasteiger partial charge in [0.15, 0.2) is 0 Å². The number of anilines is 1. The summed E-state index contributed by atoms with van der Waals surface area (Å²) in [5, 5.41) is 3.59. The van der Waals surface area contributed by atoms with Crippen molar-refractivity contribution < 1.29 is 9.53 Å². The Hall–Kier alpha value is -1.26. The zero-order valence-electron chi connectivity index (χ0n) is 14.3. The maximum Gasteiger partial charge on any atom is 0.238 e. The molecule has 128 valence electrons. The van der Waals surface area contributed by atoms with Crippen molar-refractivity contribution >= 4 is 23.2 Å². The molecule has 0 aromatic heterocycles. The number of carbonyl (C=O) groups excluding carboxylic acids is 1. The van der Waals surface area contributed by atoms with Gasteiger partial charge < -0.3 is 10.1 Å². The molecule has 1 aromatic rings. The molecule has 0 heterocycles. The van der Waals surface area contributed by atoms with Gasteiger partial charge in [-0.3, -0.25) is 9.69 Å². The molecule has 0 saturated heterocycles. The van der Waals surface area contributed by atoms with Gasteiger partial charge in [-0.15, -0.1) is 0 Å². The Kier molecular flexibility index (Phi) is 6.72. The second-order valence-corrected chi connectivity index (χ2v) is 6.82. The molecule has 0 bridgehead atoms. The van der Waals surface area contributed by atoms with Gasteiger partial charge in [0.1, 0.15) is 5.75 Å². The van der Waals surface area contributed by atoms with Crippen LogP contribution in [0.4, 0.5) is 5.69 Å². The largest absolute Gasteiger partial charge is 0.495 e. The van der Waals surface area contributed by atoms with Gasteiger partial charge >= 0.3 is 0 Å². The molecule has 0 aliphatic heterocycles. The number of aryl methyl sites for hydroxylation is 1. The zero-order chi connectivity index (χ0) is 16.8. The molecule has 0 unspecified atom stereocenters. The number of nitrogens with one attached hydrogen (secondary N) is 1. The number of hydrogen-bond acceptors (Lipinski definition) is 3. The normalized spacial score (nSPS) is 16.2. The SMILES string of the molecule is COc1cc(Cl)c(C)cc1NC(=O)CN(C)C1CCCCCC1. The van der Waals surface area contributed by atoms with E-state index in [9.17, 15) is 4.79 Å². The van der Waals surface area contributed by atoms with E-state index < -0.39 is 0 Å². The zero-order valence-corrected chi connectivity index (χ0v) is 15.1. The van der Waals surface area contributed by atoms with Crippen molar-refractivity contribution in [2.45, 2.75) is 51.5 Å². The van der Waals surface area contributed by atoms with E-state index in [0.29, 0.717) is 29.0 Å². The van der Waals surface area contributed by atoms with Gasteiger partial charge in [-0.05, 0) is 38.4 Å². The Bertz CT molecular complexity index is 540. The lowest BCUT2D eigenvalue weighted by Gasteiger charge is -2.26. The Morgan fingerprint density at radius 3 is 2.57 bits per heavy atom. The van der Waals surface area contributed by atoms with Crippen LogP contribution in [0.25, 0.3) is 0 Å². The molecule has 1 N–H and O–H groups in total. The maximum atomic E-state index is 12.4. The molecule has 0 atom stereocenters. The van der Waals surface area contributed by atoms with Crippen LogP contribution >= 0.6 is 11.6 Å². The minimum Gasteiger partial charge on any atom is -0.495 e. The summed E-state index contributed by atoms with van der Waals surface area (Å²) in [5.41, 5.74) is 1.59. The summed E-state index contributed by atoms with van der Waals surface area (Å²) in [5.74, 6) is 0.572. The smallest absolute Gasteiger partial charge is 0.238 e. The summed E-state index contributed by atoms with van der Waals surface area (Å²) in [6, 6.07) is 4.10. The van der Waals surface area contributed by atoms with E-state index in [1.54, 1.807) is 13.2 Å². The summed E-state index contributed by atoms with van der Waals surface area (Å²) < 4.78 is 5.31. The summed E-state index contributed by atoms with van der Waals surface area (Å²) in [4.78, 5) is 14.6. The molecule has 23 heavy (non-hydrogen) atoms. The number of benzene rings is 1. The van der Waals surface area contributed by atoms with Gasteiger partial charge in [0, 0.05) is 17.1 Å². The van der Waals surface area contributed by atoms with Gasteiger partial charge in [0.25, 0.3) is 0 Å². The van der Waals surface area contributed by atoms with Gasteiger partial charge in [0.05, 0.1) is 19.3 Å². The van der Waals surface area contributed by atoms with Gasteiger partial charge in [0.2, 0.25) is 5.91 Å². The lowest BCUT2D eigenvalue weighted by Crippen LogP contribution is -2.37. The predicted molar refractivity (Wildman–Crippen MR) is 95.5 cm³/mol. The van der Waals surface area contributed by atoms with E-state index in [1.165, 1.54) is 38.5 Å². The van der Waals surface area contributed by atoms with Crippen molar-refractivity contribution in [3.8, 4) is 5.75 Å². The number of halogens is 1. The first-order valence-corrected chi connectivity index (χ1v) is 8.73. The Morgan fingerprint density at radius 2 is 1.96 bits per heavy atom. The van der Waals surface area contributed by atoms with Crippen molar-refractivity contribution in [3.05, 3.63) is 22.7 Å². The molecule has 1 amide bonds. The van der Waals surface area contributed by atoms with Crippen LogP contribution in [0.2, 0.25) is 5.02 Å². The van der Waals surface area contributed by atoms with Crippen LogP contribution in [-0.2, 0) is 4.79 Å². The van der Waals surface area contributed by atoms with Crippen molar-refractivity contribution in [2.75, 3.05) is 26.0 Å². The molecular weight excluding hydrogens is 312 g/mol. The van der Waals surface area contributed by atoms with E-state index in [4.69, 9.17) is 16.3 Å². The van der Waals surface area contributed by atoms with Gasteiger partial charge in [-0.25, -0.2) is 0 Å². The Balaban J connectivity index is 1.97. The van der Waals surface area contributed by atoms with Crippen LogP contribution < -0.4 is 10.1 Å². The molecule has 0 spiro atoms. The van der Waals surface area contributed by atoms with Crippen molar-refractivity contribution in [3.63, 3.8) is 0 Å². The molecule has 2 rings (SSSR count). The van der Waals surface area contributed by atoms with Crippen LogP contribution in [0.15, 0.2) is 12.1 Å². The molecule has 1 fully saturated rings. The van der Waals surface area contributed by atoms with E-state index in [1.807, 2.05) is 20.0 Å². The van der Waals surface area contributed by atoms with Gasteiger partial charge in [-0.1, -0.05) is 37.3 Å². The highest BCUT2D eigenvalue weighted by Crippen LogP contribution is 2.31. The lowest BCUT2D eigenvalue weighted by atomic mass is 10.1. The first-order valence-electron chi connectivity index (χ1n) is 8.35. The maximum absolute atomic E-state index is 12.4. The average molecular weight is 339 g/mol. The molecule has 1 aliphatic carbocycles. The Labute approximate surface area is 144 Å². The van der Waals surface area contributed by atoms with Crippen LogP contribution in [0.3, 0.4) is 0 Å². The molecule has 1 aliphatic rings. The summed E-state index contributed by atoms with van der Waals surface area (Å²) in [6.45, 7) is 2.31. The number of rotatable bonds is 5. The van der Waals surface area contributed by atoms with Crippen molar-refractivity contribution in [2.24, 2.45) is 0 Å². The number of amides is 1. The predicted octanol–water partition coefficient (Wildman–Crippen LogP) is 4.25. The quantitative estimate of drug-likeness (QED) is 0.816. The second kappa shape index (κ2) is 8.55. The summed E-state index contributed by atoms with van der Waals surface area (Å²) in [7, 11) is 3.62. The third-order valence-corrected chi connectivity index (χ3v) is 5.00. The lowest BCUT2D eigenvalue weighted by molar-refractivity contribution is -0.117. The van der Waals surface area contributed by atoms with Crippen LogP contribution in [-0.4, -0.2) is 37.6 Å². The summed E-state index contributed by atoms with van der Waals surface area (Å²) >= 11 is 6.10. The fourth-order valence-corrected chi connectivity index (χ4v) is 3.33. The highest BCUT2D eigenvalue weighted by Gasteiger charge is 2.19. The number of likely N-dealkylation sites (N-methyl/N-ethyl adjacent to an activating group) is 1. The average Bonchev–Trinajstić information content (AvgIpc) is 2.79. The van der Waals surface area contributed by atoms with Crippen LogP contribution in [0, 0.1) is 6.92 Å². The van der Waals surface area contributed by atoms with E-state index >= 15 is 0 Å². The number of ether oxygens (including phenoxy) is 1. The minimum absolute atomic E-state index is 0.0169. The van der Waals surface area contributed by atoms with Gasteiger partial charge in [-0.2, -0.15) is 0 Å². The molecule has 0 radical (unpaired) electrons. The highest BCUT2D eigenvalue weighted by atomic mass is 35.5. The molecule has 4 nitrogen and oxygen atoms in total.